The fourth-order valence-electron chi connectivity index (χ4n) is 1.44. The first-order chi connectivity index (χ1) is 8.97. The predicted octanol–water partition coefficient (Wildman–Crippen LogP) is 7.97. The molecule has 0 amide bonds. The van der Waals surface area contributed by atoms with E-state index < -0.39 is 0 Å². The van der Waals surface area contributed by atoms with E-state index in [0.717, 1.165) is 11.4 Å². The van der Waals surface area contributed by atoms with Gasteiger partial charge in [-0.25, -0.2) is 0 Å². The molecule has 1 nitrogen and oxygen atoms in total. The molecule has 0 aliphatic carbocycles. The standard InChI is InChI=1S/C14H15N.2CH4.3HI.V/c1-11-3-7-13(8-4-11)15-14-9-5-12(2)6-10-14;;;;;;/h3-10,15H,1-2H3;2*1H4;3*1H;/q;;;;;;+3/p-3. The van der Waals surface area contributed by atoms with E-state index in [0.29, 0.717) is 0 Å². The number of nitrogens with one attached hydrogen (secondary N) is 1. The summed E-state index contributed by atoms with van der Waals surface area (Å²) in [5.74, 6) is 0. The third-order valence-electron chi connectivity index (χ3n) is 2.39. The molecule has 5 heteroatoms. The molecule has 1 N–H and O–H groups in total. The summed E-state index contributed by atoms with van der Waals surface area (Å²) in [6, 6.07) is 16.8. The molecule has 0 heterocycles. The van der Waals surface area contributed by atoms with Gasteiger partial charge in [0.15, 0.2) is 0 Å². The molecule has 0 saturated heterocycles. The van der Waals surface area contributed by atoms with Gasteiger partial charge in [-0.3, -0.25) is 0 Å². The van der Waals surface area contributed by atoms with Crippen LogP contribution in [0.1, 0.15) is 26.0 Å². The Balaban J connectivity index is 0. The molecular formula is C16H23I3NV. The second-order valence-corrected chi connectivity index (χ2v) is 39.4. The van der Waals surface area contributed by atoms with Gasteiger partial charge in [-0.15, -0.1) is 0 Å². The second kappa shape index (κ2) is 13.5. The molecule has 0 unspecified atom stereocenters. The molecule has 0 aliphatic rings. The Morgan fingerprint density at radius 2 is 0.905 bits per heavy atom. The number of halogens is 3. The molecule has 2 aromatic rings. The molecule has 0 saturated carbocycles. The average molecular weight is 661 g/mol. The Morgan fingerprint density at radius 1 is 0.667 bits per heavy atom. The number of hydrogen-bond donors (Lipinski definition) is 1. The maximum atomic E-state index is 3.36. The van der Waals surface area contributed by atoms with Crippen LogP contribution in [-0.4, -0.2) is 0 Å². The van der Waals surface area contributed by atoms with Crippen LogP contribution in [0.25, 0.3) is 0 Å². The Bertz CT molecular complexity index is 438. The van der Waals surface area contributed by atoms with Crippen molar-refractivity contribution >= 4 is 71.3 Å². The summed E-state index contributed by atoms with van der Waals surface area (Å²) in [6.07, 6.45) is 0. The van der Waals surface area contributed by atoms with Crippen LogP contribution >= 0.6 is 59.9 Å². The van der Waals surface area contributed by atoms with E-state index in [1.165, 1.54) is 11.1 Å². The van der Waals surface area contributed by atoms with Gasteiger partial charge in [0.1, 0.15) is 0 Å². The van der Waals surface area contributed by atoms with Gasteiger partial charge >= 0.3 is 64.9 Å². The van der Waals surface area contributed by atoms with E-state index in [1.54, 1.807) is 0 Å². The Labute approximate surface area is 167 Å². The van der Waals surface area contributed by atoms with Gasteiger partial charge in [0.25, 0.3) is 0 Å². The van der Waals surface area contributed by atoms with Crippen molar-refractivity contribution in [2.45, 2.75) is 28.7 Å². The third-order valence-corrected chi connectivity index (χ3v) is 2.39. The first kappa shape index (κ1) is 24.3. The van der Waals surface area contributed by atoms with Crippen molar-refractivity contribution in [3.05, 3.63) is 59.7 Å². The van der Waals surface area contributed by atoms with Gasteiger partial charge in [-0.05, 0) is 38.1 Å². The van der Waals surface area contributed by atoms with Gasteiger partial charge in [-0.1, -0.05) is 50.2 Å². The topological polar surface area (TPSA) is 12.0 Å². The van der Waals surface area contributed by atoms with Gasteiger partial charge in [-0.2, -0.15) is 0 Å². The van der Waals surface area contributed by atoms with Crippen molar-refractivity contribution < 1.29 is 4.92 Å². The second-order valence-electron chi connectivity index (χ2n) is 4.05. The van der Waals surface area contributed by atoms with Gasteiger partial charge in [0.2, 0.25) is 0 Å². The minimum absolute atomic E-state index is 0. The van der Waals surface area contributed by atoms with Crippen molar-refractivity contribution in [2.75, 3.05) is 5.32 Å². The summed E-state index contributed by atoms with van der Waals surface area (Å²) < 4.78 is 0. The van der Waals surface area contributed by atoms with Crippen LogP contribution in [0.4, 0.5) is 11.4 Å². The van der Waals surface area contributed by atoms with E-state index >= 15 is 0 Å². The fraction of sp³-hybridized carbons (Fsp3) is 0.250. The van der Waals surface area contributed by atoms with Crippen molar-refractivity contribution in [3.8, 4) is 0 Å². The summed E-state index contributed by atoms with van der Waals surface area (Å²) in [7, 11) is 0. The zero-order chi connectivity index (χ0) is 14.3. The number of benzene rings is 2. The van der Waals surface area contributed by atoms with Gasteiger partial charge in [0.05, 0.1) is 0 Å². The molecule has 0 spiro atoms. The van der Waals surface area contributed by atoms with Gasteiger partial charge in [0, 0.05) is 11.4 Å². The van der Waals surface area contributed by atoms with Crippen LogP contribution in [0.2, 0.25) is 0 Å². The molecule has 0 radical (unpaired) electrons. The Kier molecular flexibility index (Phi) is 15.5. The monoisotopic (exact) mass is 661 g/mol. The summed E-state index contributed by atoms with van der Waals surface area (Å²) in [5.41, 5.74) is 4.82. The van der Waals surface area contributed by atoms with Crippen molar-refractivity contribution in [2.24, 2.45) is 0 Å². The first-order valence-corrected chi connectivity index (χ1v) is 19.2. The SMILES string of the molecule is C.C.Cc1ccc(Nc2ccc(C)cc2)cc1.[I][V]([I])[I]. The summed E-state index contributed by atoms with van der Waals surface area (Å²) >= 11 is 7.39. The minimum atomic E-state index is -0.278. The van der Waals surface area contributed by atoms with Crippen molar-refractivity contribution in [3.63, 3.8) is 0 Å². The molecule has 0 aliphatic heterocycles. The number of anilines is 2. The number of hydrogen-bond acceptors (Lipinski definition) is 1. The molecule has 21 heavy (non-hydrogen) atoms. The molecule has 0 fully saturated rings. The Morgan fingerprint density at radius 3 is 1.14 bits per heavy atom. The van der Waals surface area contributed by atoms with Crippen molar-refractivity contribution in [1.29, 1.82) is 0 Å². The molecule has 2 aromatic carbocycles. The van der Waals surface area contributed by atoms with Crippen LogP contribution in [0.3, 0.4) is 0 Å². The van der Waals surface area contributed by atoms with Crippen LogP contribution in [0.5, 0.6) is 0 Å². The van der Waals surface area contributed by atoms with E-state index in [2.05, 4.69) is 128 Å². The molecule has 118 valence electrons. The third kappa shape index (κ3) is 12.1. The van der Waals surface area contributed by atoms with E-state index in [1.807, 2.05) is 0 Å². The summed E-state index contributed by atoms with van der Waals surface area (Å²) in [4.78, 5) is -0.278. The molecule has 0 bridgehead atoms. The predicted molar refractivity (Wildman–Crippen MR) is 121 cm³/mol. The van der Waals surface area contributed by atoms with E-state index in [4.69, 9.17) is 0 Å². The Hall–Kier alpha value is 1.01. The van der Waals surface area contributed by atoms with Crippen molar-refractivity contribution in [1.82, 2.24) is 0 Å². The zero-order valence-electron chi connectivity index (χ0n) is 10.7. The fourth-order valence-corrected chi connectivity index (χ4v) is 1.44. The van der Waals surface area contributed by atoms with E-state index in [9.17, 15) is 0 Å². The number of aryl methyl sites for hydroxylation is 2. The zero-order valence-corrected chi connectivity index (χ0v) is 18.6. The quantitative estimate of drug-likeness (QED) is 0.322. The van der Waals surface area contributed by atoms with E-state index in [-0.39, 0.29) is 19.8 Å². The van der Waals surface area contributed by atoms with Gasteiger partial charge < -0.3 is 5.32 Å². The number of rotatable bonds is 2. The van der Waals surface area contributed by atoms with Crippen LogP contribution in [0.15, 0.2) is 48.5 Å². The average Bonchev–Trinajstić information content (AvgIpc) is 2.34. The van der Waals surface area contributed by atoms with Crippen LogP contribution in [-0.2, 0) is 4.92 Å². The summed E-state index contributed by atoms with van der Waals surface area (Å²) in [6.45, 7) is 4.19. The first-order valence-electron chi connectivity index (χ1n) is 5.65. The molecule has 0 atom stereocenters. The van der Waals surface area contributed by atoms with Crippen LogP contribution < -0.4 is 5.32 Å². The molecular weight excluding hydrogens is 638 g/mol. The maximum absolute atomic E-state index is 3.36. The molecule has 0 aromatic heterocycles. The van der Waals surface area contributed by atoms with Crippen LogP contribution in [0, 0.1) is 13.8 Å². The summed E-state index contributed by atoms with van der Waals surface area (Å²) in [5, 5.41) is 3.36. The molecule has 2 rings (SSSR count). The normalized spacial score (nSPS) is 8.86.